The molecule has 0 saturated heterocycles. The van der Waals surface area contributed by atoms with Crippen molar-refractivity contribution >= 4 is 10.8 Å². The number of fused-ring (bicyclic) bond motifs is 1. The number of hydrogen-bond acceptors (Lipinski definition) is 0. The van der Waals surface area contributed by atoms with Crippen molar-refractivity contribution in [3.63, 3.8) is 0 Å². The van der Waals surface area contributed by atoms with Crippen LogP contribution >= 0.6 is 0 Å². The summed E-state index contributed by atoms with van der Waals surface area (Å²) in [7, 11) is 0. The van der Waals surface area contributed by atoms with Gasteiger partial charge in [-0.2, -0.15) is 0 Å². The van der Waals surface area contributed by atoms with Gasteiger partial charge in [0.1, 0.15) is 0 Å². The number of aryl methyl sites for hydroxylation is 2. The van der Waals surface area contributed by atoms with Crippen LogP contribution in [0.3, 0.4) is 0 Å². The molecule has 0 nitrogen and oxygen atoms in total. The predicted octanol–water partition coefficient (Wildman–Crippen LogP) is 4.58. The van der Waals surface area contributed by atoms with Crippen LogP contribution in [0.4, 0.5) is 0 Å². The molecule has 0 unspecified atom stereocenters. The van der Waals surface area contributed by atoms with Gasteiger partial charge < -0.3 is 0 Å². The minimum Gasteiger partial charge on any atom is -0.0614 e. The van der Waals surface area contributed by atoms with E-state index < -0.39 is 0 Å². The Labute approximate surface area is 91.9 Å². The molecule has 0 heteroatoms. The monoisotopic (exact) mass is 198 g/mol. The van der Waals surface area contributed by atoms with Crippen molar-refractivity contribution in [2.45, 2.75) is 33.6 Å². The van der Waals surface area contributed by atoms with Crippen molar-refractivity contribution in [3.05, 3.63) is 47.0 Å². The van der Waals surface area contributed by atoms with Gasteiger partial charge in [0, 0.05) is 0 Å². The lowest BCUT2D eigenvalue weighted by Crippen LogP contribution is -1.93. The SMILES string of the molecule is Cc1ccc(C(C)C)c2c(C)cccc12. The Bertz CT molecular complexity index is 493. The summed E-state index contributed by atoms with van der Waals surface area (Å²) in [6, 6.07) is 11.1. The van der Waals surface area contributed by atoms with E-state index in [1.807, 2.05) is 0 Å². The number of rotatable bonds is 1. The van der Waals surface area contributed by atoms with E-state index in [-0.39, 0.29) is 0 Å². The summed E-state index contributed by atoms with van der Waals surface area (Å²) in [5.74, 6) is 0.592. The summed E-state index contributed by atoms with van der Waals surface area (Å²) < 4.78 is 0. The first kappa shape index (κ1) is 10.2. The van der Waals surface area contributed by atoms with Gasteiger partial charge in [-0.05, 0) is 47.2 Å². The van der Waals surface area contributed by atoms with Gasteiger partial charge in [0.2, 0.25) is 0 Å². The lowest BCUT2D eigenvalue weighted by atomic mass is 9.91. The highest BCUT2D eigenvalue weighted by Crippen LogP contribution is 2.30. The Kier molecular flexibility index (Phi) is 2.52. The van der Waals surface area contributed by atoms with E-state index >= 15 is 0 Å². The maximum atomic E-state index is 2.27. The van der Waals surface area contributed by atoms with Crippen molar-refractivity contribution in [2.75, 3.05) is 0 Å². The molecule has 2 aromatic rings. The first-order valence-electron chi connectivity index (χ1n) is 5.60. The second-order valence-corrected chi connectivity index (χ2v) is 4.62. The van der Waals surface area contributed by atoms with Gasteiger partial charge >= 0.3 is 0 Å². The number of benzene rings is 2. The fourth-order valence-corrected chi connectivity index (χ4v) is 2.25. The van der Waals surface area contributed by atoms with Crippen LogP contribution < -0.4 is 0 Å². The molecule has 0 aromatic heterocycles. The molecule has 0 radical (unpaired) electrons. The quantitative estimate of drug-likeness (QED) is 0.629. The third-order valence-electron chi connectivity index (χ3n) is 3.12. The second-order valence-electron chi connectivity index (χ2n) is 4.62. The van der Waals surface area contributed by atoms with E-state index in [0.717, 1.165) is 0 Å². The molecule has 0 bridgehead atoms. The molecular formula is C15H18. The van der Waals surface area contributed by atoms with Crippen LogP contribution in [-0.2, 0) is 0 Å². The topological polar surface area (TPSA) is 0 Å². The van der Waals surface area contributed by atoms with Crippen LogP contribution in [0.2, 0.25) is 0 Å². The highest BCUT2D eigenvalue weighted by atomic mass is 14.1. The lowest BCUT2D eigenvalue weighted by molar-refractivity contribution is 0.875. The van der Waals surface area contributed by atoms with Gasteiger partial charge in [-0.3, -0.25) is 0 Å². The molecule has 2 aromatic carbocycles. The van der Waals surface area contributed by atoms with Crippen LogP contribution in [-0.4, -0.2) is 0 Å². The molecule has 0 N–H and O–H groups in total. The molecule has 15 heavy (non-hydrogen) atoms. The highest BCUT2D eigenvalue weighted by Gasteiger charge is 2.08. The zero-order valence-electron chi connectivity index (χ0n) is 9.96. The van der Waals surface area contributed by atoms with E-state index in [4.69, 9.17) is 0 Å². The van der Waals surface area contributed by atoms with Gasteiger partial charge in [-0.25, -0.2) is 0 Å². The second kappa shape index (κ2) is 3.69. The fraction of sp³-hybridized carbons (Fsp3) is 0.333. The molecule has 0 spiro atoms. The van der Waals surface area contributed by atoms with Crippen LogP contribution in [0.5, 0.6) is 0 Å². The standard InChI is InChI=1S/C15H18/c1-10(2)13-9-8-11(3)14-7-5-6-12(4)15(13)14/h5-10H,1-4H3. The summed E-state index contributed by atoms with van der Waals surface area (Å²) in [6.45, 7) is 8.91. The summed E-state index contributed by atoms with van der Waals surface area (Å²) in [4.78, 5) is 0. The van der Waals surface area contributed by atoms with Crippen molar-refractivity contribution in [1.82, 2.24) is 0 Å². The molecule has 0 fully saturated rings. The van der Waals surface area contributed by atoms with E-state index in [0.29, 0.717) is 5.92 Å². The van der Waals surface area contributed by atoms with E-state index in [1.54, 1.807) is 0 Å². The molecule has 0 heterocycles. The first-order valence-corrected chi connectivity index (χ1v) is 5.60. The molecular weight excluding hydrogens is 180 g/mol. The Morgan fingerprint density at radius 1 is 0.867 bits per heavy atom. The summed E-state index contributed by atoms with van der Waals surface area (Å²) in [5.41, 5.74) is 4.23. The molecule has 0 aliphatic carbocycles. The van der Waals surface area contributed by atoms with Crippen LogP contribution in [0.1, 0.15) is 36.5 Å². The third kappa shape index (κ3) is 1.65. The van der Waals surface area contributed by atoms with Crippen LogP contribution in [0.15, 0.2) is 30.3 Å². The number of hydrogen-bond donors (Lipinski definition) is 0. The maximum absolute atomic E-state index is 2.27. The lowest BCUT2D eigenvalue weighted by Gasteiger charge is -2.14. The van der Waals surface area contributed by atoms with Crippen molar-refractivity contribution < 1.29 is 0 Å². The highest BCUT2D eigenvalue weighted by molar-refractivity contribution is 5.91. The molecule has 0 atom stereocenters. The van der Waals surface area contributed by atoms with Crippen LogP contribution in [0.25, 0.3) is 10.8 Å². The zero-order valence-corrected chi connectivity index (χ0v) is 9.96. The van der Waals surface area contributed by atoms with Gasteiger partial charge in [0.15, 0.2) is 0 Å². The summed E-state index contributed by atoms with van der Waals surface area (Å²) >= 11 is 0. The average Bonchev–Trinajstić information content (AvgIpc) is 2.19. The molecule has 0 aliphatic heterocycles. The van der Waals surface area contributed by atoms with Gasteiger partial charge in [0.25, 0.3) is 0 Å². The summed E-state index contributed by atoms with van der Waals surface area (Å²) in [5, 5.41) is 2.86. The Hall–Kier alpha value is -1.30. The van der Waals surface area contributed by atoms with E-state index in [9.17, 15) is 0 Å². The van der Waals surface area contributed by atoms with Gasteiger partial charge in [0.05, 0.1) is 0 Å². The predicted molar refractivity (Wildman–Crippen MR) is 67.5 cm³/mol. The van der Waals surface area contributed by atoms with Crippen molar-refractivity contribution in [2.24, 2.45) is 0 Å². The molecule has 0 aliphatic rings. The molecule has 0 amide bonds. The smallest absolute Gasteiger partial charge is 0.0117 e. The third-order valence-corrected chi connectivity index (χ3v) is 3.12. The molecule has 0 saturated carbocycles. The summed E-state index contributed by atoms with van der Waals surface area (Å²) in [6.07, 6.45) is 0. The Morgan fingerprint density at radius 2 is 1.60 bits per heavy atom. The first-order chi connectivity index (χ1) is 7.11. The van der Waals surface area contributed by atoms with Crippen LogP contribution in [0, 0.1) is 13.8 Å². The van der Waals surface area contributed by atoms with E-state index in [1.165, 1.54) is 27.5 Å². The molecule has 78 valence electrons. The minimum absolute atomic E-state index is 0.592. The van der Waals surface area contributed by atoms with Gasteiger partial charge in [-0.1, -0.05) is 44.2 Å². The normalized spacial score (nSPS) is 11.3. The average molecular weight is 198 g/mol. The largest absolute Gasteiger partial charge is 0.0614 e. The fourth-order valence-electron chi connectivity index (χ4n) is 2.25. The minimum atomic E-state index is 0.592. The Morgan fingerprint density at radius 3 is 2.27 bits per heavy atom. The Balaban J connectivity index is 2.90. The van der Waals surface area contributed by atoms with Crippen molar-refractivity contribution in [1.29, 1.82) is 0 Å². The maximum Gasteiger partial charge on any atom is -0.0117 e. The van der Waals surface area contributed by atoms with Gasteiger partial charge in [-0.15, -0.1) is 0 Å². The van der Waals surface area contributed by atoms with Crippen molar-refractivity contribution in [3.8, 4) is 0 Å². The zero-order chi connectivity index (χ0) is 11.0. The van der Waals surface area contributed by atoms with E-state index in [2.05, 4.69) is 58.0 Å². The molecule has 2 rings (SSSR count).